The van der Waals surface area contributed by atoms with Gasteiger partial charge in [0.2, 0.25) is 0 Å². The van der Waals surface area contributed by atoms with Crippen LogP contribution in [0.3, 0.4) is 0 Å². The lowest BCUT2D eigenvalue weighted by Crippen LogP contribution is -2.16. The van der Waals surface area contributed by atoms with E-state index in [1.165, 1.54) is 12.1 Å². The second-order valence-electron chi connectivity index (χ2n) is 8.22. The van der Waals surface area contributed by atoms with Gasteiger partial charge in [-0.2, -0.15) is 5.10 Å². The molecule has 164 valence electrons. The molecule has 0 aliphatic rings. The third kappa shape index (κ3) is 4.15. The van der Waals surface area contributed by atoms with Crippen molar-refractivity contribution in [2.75, 3.05) is 5.32 Å². The van der Waals surface area contributed by atoms with E-state index in [4.69, 9.17) is 5.10 Å². The highest BCUT2D eigenvalue weighted by Gasteiger charge is 2.17. The van der Waals surface area contributed by atoms with Crippen LogP contribution in [0.4, 0.5) is 10.1 Å². The second-order valence-corrected chi connectivity index (χ2v) is 8.22. The van der Waals surface area contributed by atoms with Gasteiger partial charge in [-0.1, -0.05) is 24.3 Å². The zero-order chi connectivity index (χ0) is 22.9. The number of pyridine rings is 1. The van der Waals surface area contributed by atoms with Gasteiger partial charge in [0.15, 0.2) is 0 Å². The lowest BCUT2D eigenvalue weighted by atomic mass is 10.1. The molecule has 0 aliphatic carbocycles. The number of nitrogens with one attached hydrogen (secondary N) is 2. The van der Waals surface area contributed by atoms with Gasteiger partial charge in [-0.15, -0.1) is 0 Å². The maximum Gasteiger partial charge on any atom is 0.254 e. The first kappa shape index (κ1) is 20.7. The van der Waals surface area contributed by atoms with E-state index in [1.54, 1.807) is 16.8 Å². The molecule has 0 radical (unpaired) electrons. The largest absolute Gasteiger partial charge is 0.381 e. The van der Waals surface area contributed by atoms with Crippen molar-refractivity contribution in [3.63, 3.8) is 0 Å². The molecule has 0 unspecified atom stereocenters. The fourth-order valence-corrected chi connectivity index (χ4v) is 4.10. The Kier molecular flexibility index (Phi) is 5.26. The number of hydrogen-bond donors (Lipinski definition) is 2. The summed E-state index contributed by atoms with van der Waals surface area (Å²) in [5.41, 5.74) is 6.57. The molecule has 2 aromatic heterocycles. The number of aromatic amines is 1. The number of fused-ring (bicyclic) bond motifs is 1. The maximum atomic E-state index is 13.5. The van der Waals surface area contributed by atoms with Gasteiger partial charge in [-0.25, -0.2) is 9.07 Å². The highest BCUT2D eigenvalue weighted by molar-refractivity contribution is 5.92. The Bertz CT molecular complexity index is 1480. The molecule has 0 saturated heterocycles. The van der Waals surface area contributed by atoms with Gasteiger partial charge in [0.1, 0.15) is 17.2 Å². The SMILES string of the molecule is Cc1cc(C)cc(NCc2cc3c(-c4ccc(F)cc4)nn(-c4ccccc4)c3[nH]c2=O)c1. The molecular formula is C27H23FN4O. The number of para-hydroxylation sites is 1. The highest BCUT2D eigenvalue weighted by atomic mass is 19.1. The Hall–Kier alpha value is -4.19. The third-order valence-electron chi connectivity index (χ3n) is 5.59. The third-order valence-corrected chi connectivity index (χ3v) is 5.59. The molecule has 5 nitrogen and oxygen atoms in total. The van der Waals surface area contributed by atoms with Crippen molar-refractivity contribution in [3.05, 3.63) is 112 Å². The fraction of sp³-hybridized carbons (Fsp3) is 0.111. The van der Waals surface area contributed by atoms with E-state index in [0.29, 0.717) is 23.4 Å². The van der Waals surface area contributed by atoms with Crippen molar-refractivity contribution in [2.45, 2.75) is 20.4 Å². The minimum absolute atomic E-state index is 0.179. The van der Waals surface area contributed by atoms with E-state index < -0.39 is 0 Å². The molecule has 3 aromatic carbocycles. The van der Waals surface area contributed by atoms with Gasteiger partial charge in [0.25, 0.3) is 5.56 Å². The predicted molar refractivity (Wildman–Crippen MR) is 130 cm³/mol. The predicted octanol–water partition coefficient (Wildman–Crippen LogP) is 5.75. The number of rotatable bonds is 5. The monoisotopic (exact) mass is 438 g/mol. The van der Waals surface area contributed by atoms with Gasteiger partial charge < -0.3 is 10.3 Å². The summed E-state index contributed by atoms with van der Waals surface area (Å²) >= 11 is 0. The zero-order valence-electron chi connectivity index (χ0n) is 18.4. The van der Waals surface area contributed by atoms with Gasteiger partial charge in [0.05, 0.1) is 5.69 Å². The molecule has 5 rings (SSSR count). The summed E-state index contributed by atoms with van der Waals surface area (Å²) in [4.78, 5) is 16.0. The van der Waals surface area contributed by atoms with Crippen molar-refractivity contribution in [2.24, 2.45) is 0 Å². The normalized spacial score (nSPS) is 11.1. The van der Waals surface area contributed by atoms with E-state index in [9.17, 15) is 9.18 Å². The summed E-state index contributed by atoms with van der Waals surface area (Å²) in [6, 6.07) is 23.9. The van der Waals surface area contributed by atoms with Crippen molar-refractivity contribution in [3.8, 4) is 16.9 Å². The maximum absolute atomic E-state index is 13.5. The average Bonchev–Trinajstić information content (AvgIpc) is 3.16. The molecular weight excluding hydrogens is 415 g/mol. The van der Waals surface area contributed by atoms with Crippen LogP contribution in [0.1, 0.15) is 16.7 Å². The minimum Gasteiger partial charge on any atom is -0.381 e. The zero-order valence-corrected chi connectivity index (χ0v) is 18.4. The first-order chi connectivity index (χ1) is 16.0. The van der Waals surface area contributed by atoms with Crippen LogP contribution in [0, 0.1) is 19.7 Å². The Morgan fingerprint density at radius 2 is 1.64 bits per heavy atom. The Morgan fingerprint density at radius 1 is 0.939 bits per heavy atom. The van der Waals surface area contributed by atoms with Crippen LogP contribution in [-0.2, 0) is 6.54 Å². The van der Waals surface area contributed by atoms with Crippen LogP contribution in [0.2, 0.25) is 0 Å². The van der Waals surface area contributed by atoms with E-state index in [0.717, 1.165) is 33.5 Å². The number of benzene rings is 3. The van der Waals surface area contributed by atoms with Crippen molar-refractivity contribution < 1.29 is 4.39 Å². The summed E-state index contributed by atoms with van der Waals surface area (Å²) in [7, 11) is 0. The number of aromatic nitrogens is 3. The van der Waals surface area contributed by atoms with E-state index in [2.05, 4.69) is 28.5 Å². The van der Waals surface area contributed by atoms with Gasteiger partial charge >= 0.3 is 0 Å². The Balaban J connectivity index is 1.62. The molecule has 5 aromatic rings. The van der Waals surface area contributed by atoms with Crippen molar-refractivity contribution >= 4 is 16.7 Å². The number of anilines is 1. The molecule has 0 aliphatic heterocycles. The van der Waals surface area contributed by atoms with E-state index in [-0.39, 0.29) is 11.4 Å². The number of hydrogen-bond acceptors (Lipinski definition) is 3. The molecule has 0 bridgehead atoms. The van der Waals surface area contributed by atoms with Crippen molar-refractivity contribution in [1.29, 1.82) is 0 Å². The molecule has 0 atom stereocenters. The average molecular weight is 439 g/mol. The molecule has 6 heteroatoms. The van der Waals surface area contributed by atoms with Crippen LogP contribution in [0.5, 0.6) is 0 Å². The summed E-state index contributed by atoms with van der Waals surface area (Å²) < 4.78 is 15.3. The Morgan fingerprint density at radius 3 is 2.33 bits per heavy atom. The summed E-state index contributed by atoms with van der Waals surface area (Å²) in [6.07, 6.45) is 0. The number of nitrogens with zero attached hydrogens (tertiary/aromatic N) is 2. The van der Waals surface area contributed by atoms with Gasteiger partial charge in [-0.05, 0) is 79.6 Å². The molecule has 2 N–H and O–H groups in total. The fourth-order valence-electron chi connectivity index (χ4n) is 4.10. The second kappa shape index (κ2) is 8.39. The molecule has 0 fully saturated rings. The van der Waals surface area contributed by atoms with Gasteiger partial charge in [0, 0.05) is 28.7 Å². The van der Waals surface area contributed by atoms with Crippen LogP contribution in [0.25, 0.3) is 28.0 Å². The number of halogens is 1. The van der Waals surface area contributed by atoms with Crippen LogP contribution in [0.15, 0.2) is 83.7 Å². The first-order valence-corrected chi connectivity index (χ1v) is 10.8. The molecule has 2 heterocycles. The number of aryl methyl sites for hydroxylation is 2. The first-order valence-electron chi connectivity index (χ1n) is 10.8. The van der Waals surface area contributed by atoms with Crippen LogP contribution in [-0.4, -0.2) is 14.8 Å². The quantitative estimate of drug-likeness (QED) is 0.367. The Labute approximate surface area is 190 Å². The standard InChI is InChI=1S/C27H23FN4O/c1-17-12-18(2)14-22(13-17)29-16-20-15-24-25(19-8-10-21(28)11-9-19)31-32(26(24)30-27(20)33)23-6-4-3-5-7-23/h3-15,29H,16H2,1-2H3,(H,30,33). The molecule has 0 saturated carbocycles. The van der Waals surface area contributed by atoms with Crippen LogP contribution < -0.4 is 10.9 Å². The van der Waals surface area contributed by atoms with Crippen LogP contribution >= 0.6 is 0 Å². The smallest absolute Gasteiger partial charge is 0.254 e. The summed E-state index contributed by atoms with van der Waals surface area (Å²) in [5, 5.41) is 8.94. The lowest BCUT2D eigenvalue weighted by Gasteiger charge is -2.09. The molecule has 0 spiro atoms. The summed E-state index contributed by atoms with van der Waals surface area (Å²) in [5.74, 6) is -0.308. The highest BCUT2D eigenvalue weighted by Crippen LogP contribution is 2.29. The van der Waals surface area contributed by atoms with Crippen molar-refractivity contribution in [1.82, 2.24) is 14.8 Å². The molecule has 33 heavy (non-hydrogen) atoms. The lowest BCUT2D eigenvalue weighted by molar-refractivity contribution is 0.628. The minimum atomic E-state index is -0.308. The van der Waals surface area contributed by atoms with E-state index in [1.807, 2.05) is 50.2 Å². The number of H-pyrrole nitrogens is 1. The van der Waals surface area contributed by atoms with Gasteiger partial charge in [-0.3, -0.25) is 4.79 Å². The summed E-state index contributed by atoms with van der Waals surface area (Å²) in [6.45, 7) is 4.46. The molecule has 0 amide bonds. The van der Waals surface area contributed by atoms with E-state index >= 15 is 0 Å². The topological polar surface area (TPSA) is 62.7 Å².